The smallest absolute Gasteiger partial charge is 0.248 e. The van der Waals surface area contributed by atoms with Crippen molar-refractivity contribution in [3.63, 3.8) is 0 Å². The number of hydrogen-bond donors (Lipinski definition) is 0. The Labute approximate surface area is 370 Å². The maximum Gasteiger partial charge on any atom is 0.248 e. The number of fused-ring (bicyclic) bond motifs is 6. The van der Waals surface area contributed by atoms with Gasteiger partial charge in [0.15, 0.2) is 0 Å². The Morgan fingerprint density at radius 3 is 1.41 bits per heavy atom. The van der Waals surface area contributed by atoms with Crippen LogP contribution < -0.4 is 4.74 Å². The highest BCUT2D eigenvalue weighted by atomic mass is 16.5. The molecule has 2 aliphatic carbocycles. The molecule has 63 heavy (non-hydrogen) atoms. The van der Waals surface area contributed by atoms with Crippen LogP contribution in [0.4, 0.5) is 0 Å². The standard InChI is InChI=1S/C57H58N4O2/c1-2-3-35-57(42-22-8-4-5-9-23-42,43-24-10-6-7-11-25-43)63-46-26-20-21-40(38-46)55-58-59-56(62-55)41-36-44(60-51-31-16-12-27-47(51)48-28-13-17-32-52(48)60)39-45(37-41)61-53-33-18-14-29-49(53)50-30-15-19-34-54(50)61/h12-21,26-34,36-39,42-43H,2-11,22-25,35H2,1H3. The molecule has 0 atom stereocenters. The van der Waals surface area contributed by atoms with E-state index >= 15 is 0 Å². The molecule has 0 radical (unpaired) electrons. The lowest BCUT2D eigenvalue weighted by atomic mass is 9.68. The summed E-state index contributed by atoms with van der Waals surface area (Å²) in [5.74, 6) is 3.07. The van der Waals surface area contributed by atoms with Gasteiger partial charge >= 0.3 is 0 Å². The fourth-order valence-corrected chi connectivity index (χ4v) is 11.7. The van der Waals surface area contributed by atoms with Crippen molar-refractivity contribution in [1.82, 2.24) is 19.3 Å². The monoisotopic (exact) mass is 830 g/mol. The number of aromatic nitrogens is 4. The zero-order valence-electron chi connectivity index (χ0n) is 36.6. The summed E-state index contributed by atoms with van der Waals surface area (Å²) >= 11 is 0. The van der Waals surface area contributed by atoms with E-state index in [0.29, 0.717) is 23.6 Å². The SMILES string of the molecule is CCCCC(Oc1cccc(-c2nnc(-c3cc(-n4c5ccccc5c5ccccc54)cc(-n4c5ccccc5c5ccccc54)c3)o2)c1)(C1CCCCCC1)C1CCCCCC1. The van der Waals surface area contributed by atoms with Gasteiger partial charge < -0.3 is 18.3 Å². The minimum absolute atomic E-state index is 0.153. The summed E-state index contributed by atoms with van der Waals surface area (Å²) in [5.41, 5.74) is 8.24. The van der Waals surface area contributed by atoms with Gasteiger partial charge in [-0.15, -0.1) is 10.2 Å². The van der Waals surface area contributed by atoms with Gasteiger partial charge in [-0.05, 0) is 111 Å². The number of unbranched alkanes of at least 4 members (excludes halogenated alkanes) is 1. The fraction of sp³-hybridized carbons (Fsp3) is 0.333. The summed E-state index contributed by atoms with van der Waals surface area (Å²) in [7, 11) is 0. The molecule has 0 saturated heterocycles. The predicted octanol–water partition coefficient (Wildman–Crippen LogP) is 15.8. The van der Waals surface area contributed by atoms with Gasteiger partial charge in [0.05, 0.1) is 22.1 Å². The largest absolute Gasteiger partial charge is 0.487 e. The van der Waals surface area contributed by atoms with Gasteiger partial charge in [-0.3, -0.25) is 0 Å². The summed E-state index contributed by atoms with van der Waals surface area (Å²) in [6.07, 6.45) is 19.3. The first-order valence-electron chi connectivity index (χ1n) is 23.9. The first-order chi connectivity index (χ1) is 31.2. The van der Waals surface area contributed by atoms with Crippen LogP contribution in [0.3, 0.4) is 0 Å². The van der Waals surface area contributed by atoms with E-state index in [4.69, 9.17) is 19.4 Å². The molecule has 2 fully saturated rings. The lowest BCUT2D eigenvalue weighted by Crippen LogP contribution is -2.50. The van der Waals surface area contributed by atoms with Gasteiger partial charge in [0, 0.05) is 44.0 Å². The maximum absolute atomic E-state index is 7.61. The normalized spacial score (nSPS) is 16.0. The van der Waals surface area contributed by atoms with Crippen LogP contribution in [-0.4, -0.2) is 24.9 Å². The first kappa shape index (κ1) is 39.7. The number of hydrogen-bond acceptors (Lipinski definition) is 4. The van der Waals surface area contributed by atoms with Crippen molar-refractivity contribution in [2.24, 2.45) is 11.8 Å². The van der Waals surface area contributed by atoms with Crippen LogP contribution in [0.1, 0.15) is 103 Å². The molecule has 0 spiro atoms. The predicted molar refractivity (Wildman–Crippen MR) is 259 cm³/mol. The van der Waals surface area contributed by atoms with Crippen LogP contribution in [0.25, 0.3) is 77.9 Å². The average Bonchev–Trinajstić information content (AvgIpc) is 3.87. The van der Waals surface area contributed by atoms with E-state index < -0.39 is 0 Å². The minimum atomic E-state index is -0.153. The number of benzene rings is 6. The second-order valence-electron chi connectivity index (χ2n) is 18.5. The number of para-hydroxylation sites is 4. The molecule has 0 bridgehead atoms. The molecule has 6 aromatic carbocycles. The van der Waals surface area contributed by atoms with E-state index in [2.05, 4.69) is 156 Å². The van der Waals surface area contributed by atoms with Gasteiger partial charge in [0.2, 0.25) is 11.8 Å². The molecule has 2 aliphatic rings. The van der Waals surface area contributed by atoms with Crippen molar-refractivity contribution in [1.29, 1.82) is 0 Å². The lowest BCUT2D eigenvalue weighted by molar-refractivity contribution is -0.0648. The van der Waals surface area contributed by atoms with Crippen LogP contribution in [0.2, 0.25) is 0 Å². The van der Waals surface area contributed by atoms with Gasteiger partial charge in [-0.25, -0.2) is 0 Å². The second kappa shape index (κ2) is 17.2. The highest BCUT2D eigenvalue weighted by Gasteiger charge is 2.46. The third kappa shape index (κ3) is 7.31. The zero-order chi connectivity index (χ0) is 42.2. The summed E-state index contributed by atoms with van der Waals surface area (Å²) < 4.78 is 19.1. The third-order valence-corrected chi connectivity index (χ3v) is 14.7. The van der Waals surface area contributed by atoms with Gasteiger partial charge in [-0.1, -0.05) is 144 Å². The van der Waals surface area contributed by atoms with Crippen LogP contribution >= 0.6 is 0 Å². The molecule has 2 saturated carbocycles. The third-order valence-electron chi connectivity index (χ3n) is 14.7. The Kier molecular flexibility index (Phi) is 10.8. The lowest BCUT2D eigenvalue weighted by Gasteiger charge is -2.47. The molecule has 0 N–H and O–H groups in total. The molecule has 6 heteroatoms. The summed E-state index contributed by atoms with van der Waals surface area (Å²) in [5, 5.41) is 14.4. The zero-order valence-corrected chi connectivity index (χ0v) is 36.6. The number of nitrogens with zero attached hydrogens (tertiary/aromatic N) is 4. The summed E-state index contributed by atoms with van der Waals surface area (Å²) in [6.45, 7) is 2.34. The molecule has 0 amide bonds. The highest BCUT2D eigenvalue weighted by molar-refractivity contribution is 6.10. The minimum Gasteiger partial charge on any atom is -0.487 e. The van der Waals surface area contributed by atoms with Crippen molar-refractivity contribution in [3.8, 4) is 40.0 Å². The Morgan fingerprint density at radius 1 is 0.508 bits per heavy atom. The van der Waals surface area contributed by atoms with Crippen LogP contribution in [-0.2, 0) is 0 Å². The molecule has 0 aliphatic heterocycles. The van der Waals surface area contributed by atoms with Crippen LogP contribution in [0, 0.1) is 11.8 Å². The van der Waals surface area contributed by atoms with Crippen molar-refractivity contribution in [2.45, 2.75) is 109 Å². The quantitative estimate of drug-likeness (QED) is 0.122. The Morgan fingerprint density at radius 2 is 0.952 bits per heavy atom. The van der Waals surface area contributed by atoms with Gasteiger partial charge in [0.25, 0.3) is 0 Å². The van der Waals surface area contributed by atoms with E-state index in [0.717, 1.165) is 56.7 Å². The van der Waals surface area contributed by atoms with Crippen molar-refractivity contribution >= 4 is 43.6 Å². The molecule has 318 valence electrons. The Balaban J connectivity index is 1.03. The van der Waals surface area contributed by atoms with Crippen LogP contribution in [0.15, 0.2) is 144 Å². The Bertz CT molecular complexity index is 2770. The van der Waals surface area contributed by atoms with E-state index in [1.54, 1.807) is 0 Å². The molecular formula is C57H58N4O2. The number of ether oxygens (including phenoxy) is 1. The topological polar surface area (TPSA) is 58.0 Å². The molecule has 6 nitrogen and oxygen atoms in total. The average molecular weight is 831 g/mol. The maximum atomic E-state index is 7.61. The van der Waals surface area contributed by atoms with Crippen molar-refractivity contribution < 1.29 is 9.15 Å². The molecule has 0 unspecified atom stereocenters. The van der Waals surface area contributed by atoms with E-state index in [9.17, 15) is 0 Å². The first-order valence-corrected chi connectivity index (χ1v) is 23.9. The molecule has 11 rings (SSSR count). The van der Waals surface area contributed by atoms with E-state index in [1.807, 2.05) is 0 Å². The van der Waals surface area contributed by atoms with Crippen molar-refractivity contribution in [2.75, 3.05) is 0 Å². The molecule has 3 aromatic heterocycles. The van der Waals surface area contributed by atoms with Gasteiger partial charge in [0.1, 0.15) is 11.4 Å². The van der Waals surface area contributed by atoms with E-state index in [-0.39, 0.29) is 5.60 Å². The summed E-state index contributed by atoms with van der Waals surface area (Å²) in [4.78, 5) is 0. The molecular weight excluding hydrogens is 773 g/mol. The number of rotatable bonds is 11. The summed E-state index contributed by atoms with van der Waals surface area (Å²) in [6, 6.07) is 50.0. The highest BCUT2D eigenvalue weighted by Crippen LogP contribution is 2.48. The second-order valence-corrected chi connectivity index (χ2v) is 18.5. The van der Waals surface area contributed by atoms with Crippen molar-refractivity contribution in [3.05, 3.63) is 140 Å². The van der Waals surface area contributed by atoms with Crippen LogP contribution in [0.5, 0.6) is 5.75 Å². The molecule has 3 heterocycles. The molecule has 9 aromatic rings. The van der Waals surface area contributed by atoms with E-state index in [1.165, 1.54) is 111 Å². The Hall–Kier alpha value is -6.14. The fourth-order valence-electron chi connectivity index (χ4n) is 11.7. The van der Waals surface area contributed by atoms with Gasteiger partial charge in [-0.2, -0.15) is 0 Å².